The van der Waals surface area contributed by atoms with Gasteiger partial charge in [-0.3, -0.25) is 0 Å². The van der Waals surface area contributed by atoms with E-state index in [0.29, 0.717) is 11.3 Å². The Balaban J connectivity index is 2.30. The molecule has 2 aromatic rings. The molecule has 0 aliphatic heterocycles. The molecule has 2 rings (SSSR count). The molecule has 0 saturated heterocycles. The first-order valence-corrected chi connectivity index (χ1v) is 8.12. The van der Waals surface area contributed by atoms with E-state index in [1.165, 1.54) is 4.90 Å². The smallest absolute Gasteiger partial charge is 0.146 e. The van der Waals surface area contributed by atoms with Gasteiger partial charge in [0.05, 0.1) is 0 Å². The highest BCUT2D eigenvalue weighted by Crippen LogP contribution is 2.31. The molecule has 0 radical (unpaired) electrons. The highest BCUT2D eigenvalue weighted by Gasteiger charge is 2.09. The molecule has 0 bridgehead atoms. The maximum Gasteiger partial charge on any atom is 0.146 e. The average molecular weight is 287 g/mol. The summed E-state index contributed by atoms with van der Waals surface area (Å²) in [5.74, 6) is 1.35. The van der Waals surface area contributed by atoms with E-state index in [9.17, 15) is 5.26 Å². The van der Waals surface area contributed by atoms with Crippen LogP contribution in [0.2, 0.25) is 0 Å². The summed E-state index contributed by atoms with van der Waals surface area (Å²) in [6, 6.07) is 15.7. The number of ether oxygens (including phenoxy) is 1. The third kappa shape index (κ3) is 3.25. The number of nitriles is 1. The Labute approximate surface area is 121 Å². The molecule has 0 aliphatic carbocycles. The Morgan fingerprint density at radius 3 is 2.32 bits per heavy atom. The second kappa shape index (κ2) is 6.55. The average Bonchev–Trinajstić information content (AvgIpc) is 2.47. The predicted molar refractivity (Wildman–Crippen MR) is 81.2 cm³/mol. The lowest BCUT2D eigenvalue weighted by Gasteiger charge is -2.09. The Bertz CT molecular complexity index is 603. The van der Waals surface area contributed by atoms with E-state index in [1.807, 2.05) is 55.0 Å². The Kier molecular flexibility index (Phi) is 4.78. The number of rotatable bonds is 4. The van der Waals surface area contributed by atoms with Crippen molar-refractivity contribution in [3.63, 3.8) is 0 Å². The Hall–Kier alpha value is -1.57. The number of hydrogen-bond acceptors (Lipinski definition) is 4. The van der Waals surface area contributed by atoms with Gasteiger partial charge in [0.1, 0.15) is 23.1 Å². The summed E-state index contributed by atoms with van der Waals surface area (Å²) in [4.78, 5) is 2.12. The number of nitrogens with zero attached hydrogens (tertiary/aromatic N) is 1. The molecule has 0 atom stereocenters. The third-order valence-corrected chi connectivity index (χ3v) is 4.13. The highest BCUT2D eigenvalue weighted by atomic mass is 32.2. The summed E-state index contributed by atoms with van der Waals surface area (Å²) in [5, 5.41) is 9.24. The first-order valence-electron chi connectivity index (χ1n) is 5.67. The van der Waals surface area contributed by atoms with Crippen molar-refractivity contribution in [3.8, 4) is 17.6 Å². The molecule has 0 amide bonds. The molecule has 0 aromatic heterocycles. The first-order chi connectivity index (χ1) is 9.28. The molecular weight excluding hydrogens is 274 g/mol. The molecule has 0 aliphatic rings. The lowest BCUT2D eigenvalue weighted by Crippen LogP contribution is -1.90. The summed E-state index contributed by atoms with van der Waals surface area (Å²) in [5.41, 5.74) is 0.587. The lowest BCUT2D eigenvalue weighted by molar-refractivity contribution is 0.479. The van der Waals surface area contributed by atoms with Crippen LogP contribution < -0.4 is 4.74 Å². The fourth-order valence-electron chi connectivity index (χ4n) is 1.65. The predicted octanol–water partition coefficient (Wildman–Crippen LogP) is 4.79. The van der Waals surface area contributed by atoms with E-state index in [1.54, 1.807) is 23.5 Å². The van der Waals surface area contributed by atoms with Crippen molar-refractivity contribution < 1.29 is 4.74 Å². The van der Waals surface area contributed by atoms with Crippen molar-refractivity contribution in [1.82, 2.24) is 0 Å². The molecule has 0 spiro atoms. The first kappa shape index (κ1) is 13.9. The molecule has 96 valence electrons. The quantitative estimate of drug-likeness (QED) is 0.757. The molecule has 2 nitrogen and oxygen atoms in total. The minimum atomic E-state index is 0.587. The van der Waals surface area contributed by atoms with Gasteiger partial charge >= 0.3 is 0 Å². The zero-order valence-electron chi connectivity index (χ0n) is 10.7. The molecule has 2 aromatic carbocycles. The number of thioether (sulfide) groups is 2. The van der Waals surface area contributed by atoms with Crippen molar-refractivity contribution in [1.29, 1.82) is 5.26 Å². The summed E-state index contributed by atoms with van der Waals surface area (Å²) in [6.45, 7) is 0. The van der Waals surface area contributed by atoms with Crippen molar-refractivity contribution in [3.05, 3.63) is 48.0 Å². The summed E-state index contributed by atoms with van der Waals surface area (Å²) < 4.78 is 5.80. The molecular formula is C15H13NOS2. The van der Waals surface area contributed by atoms with E-state index in [0.717, 1.165) is 10.6 Å². The topological polar surface area (TPSA) is 33.0 Å². The molecule has 0 fully saturated rings. The molecule has 0 saturated carbocycles. The Morgan fingerprint density at radius 1 is 1.00 bits per heavy atom. The van der Waals surface area contributed by atoms with Gasteiger partial charge in [-0.1, -0.05) is 6.07 Å². The normalized spacial score (nSPS) is 9.95. The Morgan fingerprint density at radius 2 is 1.74 bits per heavy atom. The van der Waals surface area contributed by atoms with Crippen LogP contribution in [0.15, 0.2) is 52.3 Å². The van der Waals surface area contributed by atoms with Gasteiger partial charge in [-0.2, -0.15) is 5.26 Å². The fourth-order valence-corrected chi connectivity index (χ4v) is 2.62. The molecule has 0 heterocycles. The largest absolute Gasteiger partial charge is 0.456 e. The standard InChI is InChI=1S/C15H13NOS2/c1-18-12-8-6-11(7-9-12)17-14-4-3-5-15(19-2)13(14)10-16/h3-9H,1-2H3. The van der Waals surface area contributed by atoms with E-state index < -0.39 is 0 Å². The second-order valence-corrected chi connectivity index (χ2v) is 5.45. The van der Waals surface area contributed by atoms with Crippen LogP contribution in [0.3, 0.4) is 0 Å². The van der Waals surface area contributed by atoms with Gasteiger partial charge in [0.15, 0.2) is 0 Å². The van der Waals surface area contributed by atoms with Gasteiger partial charge < -0.3 is 4.74 Å². The summed E-state index contributed by atoms with van der Waals surface area (Å²) in [7, 11) is 0. The summed E-state index contributed by atoms with van der Waals surface area (Å²) in [6.07, 6.45) is 3.98. The highest BCUT2D eigenvalue weighted by molar-refractivity contribution is 7.98. The van der Waals surface area contributed by atoms with Crippen LogP contribution in [0.25, 0.3) is 0 Å². The van der Waals surface area contributed by atoms with Crippen LogP contribution in [-0.4, -0.2) is 12.5 Å². The van der Waals surface area contributed by atoms with E-state index in [4.69, 9.17) is 4.74 Å². The molecule has 0 N–H and O–H groups in total. The van der Waals surface area contributed by atoms with Gasteiger partial charge in [-0.25, -0.2) is 0 Å². The van der Waals surface area contributed by atoms with Crippen LogP contribution in [0.4, 0.5) is 0 Å². The van der Waals surface area contributed by atoms with Gasteiger partial charge in [-0.05, 0) is 48.9 Å². The maximum atomic E-state index is 9.24. The summed E-state index contributed by atoms with van der Waals surface area (Å²) >= 11 is 3.23. The van der Waals surface area contributed by atoms with Crippen LogP contribution in [0.5, 0.6) is 11.5 Å². The van der Waals surface area contributed by atoms with E-state index >= 15 is 0 Å². The zero-order valence-corrected chi connectivity index (χ0v) is 12.3. The van der Waals surface area contributed by atoms with Crippen LogP contribution >= 0.6 is 23.5 Å². The van der Waals surface area contributed by atoms with Gasteiger partial charge in [0, 0.05) is 9.79 Å². The van der Waals surface area contributed by atoms with Gasteiger partial charge in [0.25, 0.3) is 0 Å². The molecule has 19 heavy (non-hydrogen) atoms. The minimum Gasteiger partial charge on any atom is -0.456 e. The van der Waals surface area contributed by atoms with Crippen molar-refractivity contribution in [2.75, 3.05) is 12.5 Å². The van der Waals surface area contributed by atoms with E-state index in [2.05, 4.69) is 6.07 Å². The van der Waals surface area contributed by atoms with Crippen LogP contribution in [-0.2, 0) is 0 Å². The number of benzene rings is 2. The number of hydrogen-bond donors (Lipinski definition) is 0. The van der Waals surface area contributed by atoms with Crippen molar-refractivity contribution >= 4 is 23.5 Å². The molecule has 0 unspecified atom stereocenters. The van der Waals surface area contributed by atoms with Crippen LogP contribution in [0.1, 0.15) is 5.56 Å². The SMILES string of the molecule is CSc1ccc(Oc2cccc(SC)c2C#N)cc1. The monoisotopic (exact) mass is 287 g/mol. The van der Waals surface area contributed by atoms with Crippen LogP contribution in [0, 0.1) is 11.3 Å². The fraction of sp³-hybridized carbons (Fsp3) is 0.133. The maximum absolute atomic E-state index is 9.24. The third-order valence-electron chi connectivity index (χ3n) is 2.61. The lowest BCUT2D eigenvalue weighted by atomic mass is 10.2. The second-order valence-electron chi connectivity index (χ2n) is 3.72. The van der Waals surface area contributed by atoms with Crippen molar-refractivity contribution in [2.24, 2.45) is 0 Å². The van der Waals surface area contributed by atoms with Gasteiger partial charge in [0.2, 0.25) is 0 Å². The zero-order chi connectivity index (χ0) is 13.7. The van der Waals surface area contributed by atoms with Crippen molar-refractivity contribution in [2.45, 2.75) is 9.79 Å². The molecule has 4 heteroatoms. The van der Waals surface area contributed by atoms with Gasteiger partial charge in [-0.15, -0.1) is 23.5 Å². The minimum absolute atomic E-state index is 0.587. The van der Waals surface area contributed by atoms with E-state index in [-0.39, 0.29) is 0 Å².